The molecule has 0 fully saturated rings. The Hall–Kier alpha value is -3.54. The van der Waals surface area contributed by atoms with Crippen molar-refractivity contribution in [3.63, 3.8) is 0 Å². The maximum Gasteiger partial charge on any atom is 0.402 e. The lowest BCUT2D eigenvalue weighted by atomic mass is 9.92. The highest BCUT2D eigenvalue weighted by molar-refractivity contribution is 5.01. The average Bonchev–Trinajstić information content (AvgIpc) is 3.12. The van der Waals surface area contributed by atoms with Crippen molar-refractivity contribution < 1.29 is 26.3 Å². The Morgan fingerprint density at radius 3 is 0.311 bits per heavy atom. The van der Waals surface area contributed by atoms with Crippen LogP contribution in [0.5, 0.6) is 0 Å². The van der Waals surface area contributed by atoms with Crippen LogP contribution < -0.4 is 0 Å². The Morgan fingerprint density at radius 2 is 0.289 bits per heavy atom. The van der Waals surface area contributed by atoms with Gasteiger partial charge >= 0.3 is 12.4 Å². The van der Waals surface area contributed by atoms with Gasteiger partial charge < -0.3 is 0 Å². The van der Waals surface area contributed by atoms with E-state index in [0.717, 1.165) is 0 Å². The molecule has 0 aliphatic rings. The molecule has 0 atom stereocenters. The standard InChI is InChI=1S/4C6H6.C5H6F6.5C2H6/c4*1-2-4-6-5-3-1;1-3(2,4(6,7)8)5(9,10)11;5*1-2/h4*1-6H;1-2H3;5*1-2H3. The number of halogens is 6. The molecule has 0 nitrogen and oxygen atoms in total. The first-order valence-corrected chi connectivity index (χ1v) is 15.6. The van der Waals surface area contributed by atoms with Gasteiger partial charge in [0.05, 0.1) is 0 Å². The Balaban J connectivity index is -0.000000100. The summed E-state index contributed by atoms with van der Waals surface area (Å²) in [6, 6.07) is 48.0. The van der Waals surface area contributed by atoms with Crippen molar-refractivity contribution in [2.24, 2.45) is 5.41 Å². The zero-order valence-corrected chi connectivity index (χ0v) is 29.6. The fourth-order valence-corrected chi connectivity index (χ4v) is 1.70. The maximum absolute atomic E-state index is 11.6. The second kappa shape index (κ2) is 42.6. The van der Waals surface area contributed by atoms with Gasteiger partial charge in [0.1, 0.15) is 0 Å². The molecule has 0 bridgehead atoms. The fourth-order valence-electron chi connectivity index (χ4n) is 1.70. The van der Waals surface area contributed by atoms with E-state index in [0.29, 0.717) is 0 Å². The minimum Gasteiger partial charge on any atom is -0.170 e. The lowest BCUT2D eigenvalue weighted by Gasteiger charge is -2.29. The molecular weight excluding hydrogens is 582 g/mol. The predicted octanol–water partition coefficient (Wildman–Crippen LogP) is 15.0. The Bertz CT molecular complexity index is 674. The highest BCUT2D eigenvalue weighted by Crippen LogP contribution is 2.49. The maximum atomic E-state index is 11.6. The zero-order valence-electron chi connectivity index (χ0n) is 29.6. The SMILES string of the molecule is CC.CC.CC.CC.CC.CC(C)(C(F)(F)F)C(F)(F)F.c1ccccc1.c1ccccc1.c1ccccc1.c1ccccc1. The van der Waals surface area contributed by atoms with Crippen LogP contribution in [0, 0.1) is 5.41 Å². The van der Waals surface area contributed by atoms with Gasteiger partial charge in [0.25, 0.3) is 0 Å². The molecule has 258 valence electrons. The van der Waals surface area contributed by atoms with Crippen molar-refractivity contribution in [3.8, 4) is 0 Å². The van der Waals surface area contributed by atoms with Crippen LogP contribution in [0.25, 0.3) is 0 Å². The van der Waals surface area contributed by atoms with Gasteiger partial charge in [0, 0.05) is 0 Å². The van der Waals surface area contributed by atoms with E-state index in [9.17, 15) is 26.3 Å². The Kier molecular flexibility index (Phi) is 51.1. The number of hydrogen-bond acceptors (Lipinski definition) is 0. The second-order valence-electron chi connectivity index (χ2n) is 7.24. The molecule has 0 heterocycles. The third-order valence-corrected chi connectivity index (χ3v) is 4.08. The Labute approximate surface area is 272 Å². The summed E-state index contributed by atoms with van der Waals surface area (Å²) in [7, 11) is 0. The van der Waals surface area contributed by atoms with Gasteiger partial charge in [0.15, 0.2) is 5.41 Å². The number of hydrogen-bond donors (Lipinski definition) is 0. The quantitative estimate of drug-likeness (QED) is 0.167. The average molecular weight is 643 g/mol. The molecule has 0 aliphatic heterocycles. The monoisotopic (exact) mass is 642 g/mol. The van der Waals surface area contributed by atoms with Gasteiger partial charge in [-0.3, -0.25) is 0 Å². The lowest BCUT2D eigenvalue weighted by molar-refractivity contribution is -0.327. The van der Waals surface area contributed by atoms with Crippen molar-refractivity contribution >= 4 is 0 Å². The molecular formula is C39H60F6. The van der Waals surface area contributed by atoms with Gasteiger partial charge in [-0.05, 0) is 13.8 Å². The topological polar surface area (TPSA) is 0 Å². The number of alkyl halides is 6. The molecule has 4 aromatic carbocycles. The third-order valence-electron chi connectivity index (χ3n) is 4.08. The summed E-state index contributed by atoms with van der Waals surface area (Å²) in [4.78, 5) is 0. The van der Waals surface area contributed by atoms with Gasteiger partial charge in [-0.15, -0.1) is 0 Å². The molecule has 0 unspecified atom stereocenters. The summed E-state index contributed by atoms with van der Waals surface area (Å²) in [5.41, 5.74) is -3.62. The summed E-state index contributed by atoms with van der Waals surface area (Å²) < 4.78 is 69.7. The molecule has 0 radical (unpaired) electrons. The van der Waals surface area contributed by atoms with Crippen molar-refractivity contribution in [1.82, 2.24) is 0 Å². The summed E-state index contributed by atoms with van der Waals surface area (Å²) in [6.45, 7) is 20.2. The normalized spacial score (nSPS) is 8.67. The Morgan fingerprint density at radius 1 is 0.222 bits per heavy atom. The van der Waals surface area contributed by atoms with Crippen LogP contribution in [-0.2, 0) is 0 Å². The highest BCUT2D eigenvalue weighted by atomic mass is 19.4. The van der Waals surface area contributed by atoms with E-state index in [4.69, 9.17) is 0 Å². The van der Waals surface area contributed by atoms with Crippen molar-refractivity contribution in [3.05, 3.63) is 146 Å². The smallest absolute Gasteiger partial charge is 0.170 e. The highest BCUT2D eigenvalue weighted by Gasteiger charge is 2.64. The van der Waals surface area contributed by atoms with E-state index in [1.54, 1.807) is 0 Å². The predicted molar refractivity (Wildman–Crippen MR) is 188 cm³/mol. The first kappa shape index (κ1) is 54.0. The summed E-state index contributed by atoms with van der Waals surface area (Å²) in [5.74, 6) is 0. The largest absolute Gasteiger partial charge is 0.402 e. The molecule has 0 aliphatic carbocycles. The van der Waals surface area contributed by atoms with Crippen LogP contribution in [-0.4, -0.2) is 12.4 Å². The van der Waals surface area contributed by atoms with Crippen LogP contribution in [0.2, 0.25) is 0 Å². The summed E-state index contributed by atoms with van der Waals surface area (Å²) in [6.07, 6.45) is -10.5. The molecule has 0 saturated carbocycles. The van der Waals surface area contributed by atoms with Crippen molar-refractivity contribution in [2.75, 3.05) is 0 Å². The number of rotatable bonds is 0. The molecule has 4 aromatic rings. The minimum atomic E-state index is -5.24. The molecule has 0 saturated heterocycles. The van der Waals surface area contributed by atoms with Gasteiger partial charge in [-0.25, -0.2) is 0 Å². The van der Waals surface area contributed by atoms with E-state index >= 15 is 0 Å². The van der Waals surface area contributed by atoms with Crippen LogP contribution in [0.3, 0.4) is 0 Å². The minimum absolute atomic E-state index is 0.104. The summed E-state index contributed by atoms with van der Waals surface area (Å²) in [5, 5.41) is 0. The first-order valence-electron chi connectivity index (χ1n) is 15.6. The molecule has 0 amide bonds. The van der Waals surface area contributed by atoms with Crippen LogP contribution >= 0.6 is 0 Å². The first-order chi connectivity index (χ1) is 21.5. The van der Waals surface area contributed by atoms with Gasteiger partial charge in [-0.1, -0.05) is 215 Å². The van der Waals surface area contributed by atoms with Gasteiger partial charge in [-0.2, -0.15) is 26.3 Å². The van der Waals surface area contributed by atoms with Crippen LogP contribution in [0.1, 0.15) is 83.1 Å². The van der Waals surface area contributed by atoms with E-state index in [1.165, 1.54) is 0 Å². The second-order valence-corrected chi connectivity index (χ2v) is 7.24. The van der Waals surface area contributed by atoms with E-state index in [1.807, 2.05) is 215 Å². The van der Waals surface area contributed by atoms with E-state index in [-0.39, 0.29) is 13.8 Å². The number of benzene rings is 4. The third kappa shape index (κ3) is 40.5. The van der Waals surface area contributed by atoms with Crippen LogP contribution in [0.4, 0.5) is 26.3 Å². The molecule has 0 N–H and O–H groups in total. The molecule has 0 aromatic heterocycles. The van der Waals surface area contributed by atoms with Crippen LogP contribution in [0.15, 0.2) is 146 Å². The molecule has 45 heavy (non-hydrogen) atoms. The van der Waals surface area contributed by atoms with Gasteiger partial charge in [0.2, 0.25) is 0 Å². The molecule has 0 spiro atoms. The van der Waals surface area contributed by atoms with E-state index in [2.05, 4.69) is 0 Å². The van der Waals surface area contributed by atoms with Crippen molar-refractivity contribution in [2.45, 2.75) is 95.4 Å². The molecule has 4 rings (SSSR count). The zero-order chi connectivity index (χ0) is 36.5. The van der Waals surface area contributed by atoms with Crippen molar-refractivity contribution in [1.29, 1.82) is 0 Å². The lowest BCUT2D eigenvalue weighted by Crippen LogP contribution is -2.44. The molecule has 6 heteroatoms. The van der Waals surface area contributed by atoms with E-state index < -0.39 is 17.8 Å². The summed E-state index contributed by atoms with van der Waals surface area (Å²) >= 11 is 0. The fraction of sp³-hybridized carbons (Fsp3) is 0.385.